The Morgan fingerprint density at radius 1 is 0.810 bits per heavy atom. The number of carbonyl (C=O) groups is 3. The molecule has 0 atom stereocenters. The Bertz CT molecular complexity index is 1250. The molecule has 0 fully saturated rings. The summed E-state index contributed by atoms with van der Waals surface area (Å²) in [5.74, 6) is -0.282. The minimum atomic E-state index is -0.470. The van der Waals surface area contributed by atoms with Crippen LogP contribution in [0.25, 0.3) is 0 Å². The van der Waals surface area contributed by atoms with E-state index in [1.807, 2.05) is 41.3 Å². The van der Waals surface area contributed by atoms with Gasteiger partial charge in [0.25, 0.3) is 0 Å². The van der Waals surface area contributed by atoms with Crippen molar-refractivity contribution in [3.05, 3.63) is 101 Å². The number of hydrogen-bond acceptors (Lipinski definition) is 7. The fourth-order valence-corrected chi connectivity index (χ4v) is 4.54. The second-order valence-corrected chi connectivity index (χ2v) is 9.98. The smallest absolute Gasteiger partial charge is 0.337 e. The second-order valence-electron chi connectivity index (χ2n) is 9.98. The number of nitrogens with one attached hydrogen (secondary N) is 1. The van der Waals surface area contributed by atoms with Crippen LogP contribution in [-0.4, -0.2) is 62.7 Å². The molecule has 0 aliphatic heterocycles. The van der Waals surface area contributed by atoms with Crippen LogP contribution in [0, 0.1) is 0 Å². The van der Waals surface area contributed by atoms with Crippen molar-refractivity contribution in [2.45, 2.75) is 45.6 Å². The van der Waals surface area contributed by atoms with Crippen molar-refractivity contribution in [1.82, 2.24) is 10.2 Å². The number of unbranched alkanes of at least 4 members (excludes halogenated alkanes) is 2. The first kappa shape index (κ1) is 32.3. The highest BCUT2D eigenvalue weighted by molar-refractivity contribution is 5.89. The second kappa shape index (κ2) is 18.3. The molecule has 42 heavy (non-hydrogen) atoms. The summed E-state index contributed by atoms with van der Waals surface area (Å²) in [6.07, 6.45) is 4.96. The molecule has 0 aliphatic carbocycles. The molecule has 1 amide bonds. The normalized spacial score (nSPS) is 10.7. The Balaban J connectivity index is 1.55. The number of aryl methyl sites for hydroxylation is 1. The number of nitrogens with zero attached hydrogens (tertiary/aromatic N) is 1. The SMILES string of the molecule is CCOC(=O)CNC(=O)CN(CCc1ccccc1OCCCCCc1ccccc1)Cc1ccc(C(=O)OC)cc1. The lowest BCUT2D eigenvalue weighted by Crippen LogP contribution is -2.40. The number of carbonyl (C=O) groups excluding carboxylic acids is 3. The molecule has 0 bridgehead atoms. The highest BCUT2D eigenvalue weighted by Gasteiger charge is 2.15. The average molecular weight is 575 g/mol. The van der Waals surface area contributed by atoms with Crippen LogP contribution < -0.4 is 10.1 Å². The number of benzene rings is 3. The van der Waals surface area contributed by atoms with Crippen molar-refractivity contribution < 1.29 is 28.6 Å². The van der Waals surface area contributed by atoms with Gasteiger partial charge in [-0.3, -0.25) is 14.5 Å². The van der Waals surface area contributed by atoms with Crippen molar-refractivity contribution in [1.29, 1.82) is 0 Å². The van der Waals surface area contributed by atoms with Crippen molar-refractivity contribution in [3.8, 4) is 5.75 Å². The zero-order valence-electron chi connectivity index (χ0n) is 24.7. The van der Waals surface area contributed by atoms with E-state index >= 15 is 0 Å². The van der Waals surface area contributed by atoms with Crippen LogP contribution in [-0.2, 0) is 38.4 Å². The molecule has 8 nitrogen and oxygen atoms in total. The molecular formula is C34H42N2O6. The molecule has 0 aliphatic rings. The van der Waals surface area contributed by atoms with Gasteiger partial charge in [0.1, 0.15) is 12.3 Å². The maximum atomic E-state index is 12.7. The van der Waals surface area contributed by atoms with Gasteiger partial charge in [0.15, 0.2) is 0 Å². The number of esters is 2. The molecule has 3 aromatic carbocycles. The molecule has 0 unspecified atom stereocenters. The van der Waals surface area contributed by atoms with Crippen LogP contribution in [0.4, 0.5) is 0 Å². The van der Waals surface area contributed by atoms with E-state index in [0.29, 0.717) is 31.7 Å². The van der Waals surface area contributed by atoms with E-state index in [9.17, 15) is 14.4 Å². The van der Waals surface area contributed by atoms with Gasteiger partial charge in [0.05, 0.1) is 32.4 Å². The maximum absolute atomic E-state index is 12.7. The Labute approximate surface area is 249 Å². The van der Waals surface area contributed by atoms with Gasteiger partial charge < -0.3 is 19.5 Å². The molecule has 3 aromatic rings. The molecule has 0 saturated heterocycles. The van der Waals surface area contributed by atoms with Gasteiger partial charge in [-0.2, -0.15) is 0 Å². The third kappa shape index (κ3) is 11.7. The van der Waals surface area contributed by atoms with E-state index in [-0.39, 0.29) is 25.6 Å². The van der Waals surface area contributed by atoms with Gasteiger partial charge in [-0.05, 0) is 73.9 Å². The lowest BCUT2D eigenvalue weighted by molar-refractivity contribution is -0.143. The summed E-state index contributed by atoms with van der Waals surface area (Å²) in [7, 11) is 1.35. The quantitative estimate of drug-likeness (QED) is 0.169. The van der Waals surface area contributed by atoms with Gasteiger partial charge in [-0.15, -0.1) is 0 Å². The third-order valence-corrected chi connectivity index (χ3v) is 6.76. The number of rotatable bonds is 18. The lowest BCUT2D eigenvalue weighted by Gasteiger charge is -2.23. The molecule has 8 heteroatoms. The summed E-state index contributed by atoms with van der Waals surface area (Å²) in [4.78, 5) is 38.2. The van der Waals surface area contributed by atoms with E-state index in [1.54, 1.807) is 19.1 Å². The minimum Gasteiger partial charge on any atom is -0.493 e. The zero-order chi connectivity index (χ0) is 30.0. The number of ether oxygens (including phenoxy) is 3. The van der Waals surface area contributed by atoms with Gasteiger partial charge in [-0.1, -0.05) is 60.7 Å². The monoisotopic (exact) mass is 574 g/mol. The highest BCUT2D eigenvalue weighted by Crippen LogP contribution is 2.20. The van der Waals surface area contributed by atoms with Crippen molar-refractivity contribution >= 4 is 17.8 Å². The van der Waals surface area contributed by atoms with Crippen molar-refractivity contribution in [2.24, 2.45) is 0 Å². The molecule has 0 aromatic heterocycles. The fraction of sp³-hybridized carbons (Fsp3) is 0.382. The van der Waals surface area contributed by atoms with Gasteiger partial charge in [0, 0.05) is 13.1 Å². The minimum absolute atomic E-state index is 0.0998. The van der Waals surface area contributed by atoms with Gasteiger partial charge in [0.2, 0.25) is 5.91 Å². The maximum Gasteiger partial charge on any atom is 0.337 e. The van der Waals surface area contributed by atoms with E-state index in [4.69, 9.17) is 14.2 Å². The van der Waals surface area contributed by atoms with Crippen LogP contribution in [0.5, 0.6) is 5.75 Å². The molecule has 0 saturated carbocycles. The fourth-order valence-electron chi connectivity index (χ4n) is 4.54. The molecule has 1 N–H and O–H groups in total. The Kier molecular flexibility index (Phi) is 14.1. The van der Waals surface area contributed by atoms with E-state index in [2.05, 4.69) is 35.6 Å². The summed E-state index contributed by atoms with van der Waals surface area (Å²) in [5.41, 5.74) is 3.84. The van der Waals surface area contributed by atoms with Gasteiger partial charge in [-0.25, -0.2) is 4.79 Å². The number of para-hydroxylation sites is 1. The summed E-state index contributed by atoms with van der Waals surface area (Å²) in [6.45, 7) is 3.64. The summed E-state index contributed by atoms with van der Waals surface area (Å²) >= 11 is 0. The number of hydrogen-bond donors (Lipinski definition) is 1. The molecule has 0 spiro atoms. The summed E-state index contributed by atoms with van der Waals surface area (Å²) in [5, 5.41) is 2.64. The van der Waals surface area contributed by atoms with Crippen molar-refractivity contribution in [2.75, 3.05) is 40.0 Å². The highest BCUT2D eigenvalue weighted by atomic mass is 16.5. The standard InChI is InChI=1S/C34H42N2O6/c1-3-41-33(38)24-35-32(37)26-36(25-28-17-19-30(20-18-28)34(39)40-2)22-21-29-15-9-10-16-31(29)42-23-11-5-8-14-27-12-6-4-7-13-27/h4,6-7,9-10,12-13,15-20H,3,5,8,11,14,21-26H2,1-2H3,(H,35,37). The van der Waals surface area contributed by atoms with E-state index in [1.165, 1.54) is 12.7 Å². The molecular weight excluding hydrogens is 532 g/mol. The van der Waals surface area contributed by atoms with E-state index < -0.39 is 11.9 Å². The summed E-state index contributed by atoms with van der Waals surface area (Å²) in [6, 6.07) is 25.6. The van der Waals surface area contributed by atoms with Crippen LogP contribution in [0.2, 0.25) is 0 Å². The Morgan fingerprint density at radius 2 is 1.55 bits per heavy atom. The lowest BCUT2D eigenvalue weighted by atomic mass is 10.1. The third-order valence-electron chi connectivity index (χ3n) is 6.76. The van der Waals surface area contributed by atoms with Gasteiger partial charge >= 0.3 is 11.9 Å². The topological polar surface area (TPSA) is 94.2 Å². The molecule has 0 radical (unpaired) electrons. The van der Waals surface area contributed by atoms with Crippen LogP contribution in [0.1, 0.15) is 53.2 Å². The average Bonchev–Trinajstić information content (AvgIpc) is 3.01. The van der Waals surface area contributed by atoms with Crippen LogP contribution >= 0.6 is 0 Å². The predicted octanol–water partition coefficient (Wildman–Crippen LogP) is 4.99. The Morgan fingerprint density at radius 3 is 2.29 bits per heavy atom. The molecule has 0 heterocycles. The number of methoxy groups -OCH3 is 1. The first-order chi connectivity index (χ1) is 20.5. The van der Waals surface area contributed by atoms with E-state index in [0.717, 1.165) is 42.6 Å². The predicted molar refractivity (Wildman–Crippen MR) is 162 cm³/mol. The number of amides is 1. The zero-order valence-corrected chi connectivity index (χ0v) is 24.7. The van der Waals surface area contributed by atoms with Crippen LogP contribution in [0.3, 0.4) is 0 Å². The van der Waals surface area contributed by atoms with Crippen LogP contribution in [0.15, 0.2) is 78.9 Å². The first-order valence-electron chi connectivity index (χ1n) is 14.5. The Hall–Kier alpha value is -4.17. The molecule has 224 valence electrons. The summed E-state index contributed by atoms with van der Waals surface area (Å²) < 4.78 is 15.9. The molecule has 3 rings (SSSR count). The first-order valence-corrected chi connectivity index (χ1v) is 14.5. The van der Waals surface area contributed by atoms with Crippen molar-refractivity contribution in [3.63, 3.8) is 0 Å². The largest absolute Gasteiger partial charge is 0.493 e.